The molecule has 0 radical (unpaired) electrons. The van der Waals surface area contributed by atoms with E-state index in [1.807, 2.05) is 36.4 Å². The average molecular weight is 379 g/mol. The van der Waals surface area contributed by atoms with Crippen LogP contribution in [0, 0.1) is 5.82 Å². The average Bonchev–Trinajstić information content (AvgIpc) is 3.24. The molecule has 1 saturated heterocycles. The number of H-pyrrole nitrogens is 1. The van der Waals surface area contributed by atoms with Gasteiger partial charge in [0, 0.05) is 30.3 Å². The van der Waals surface area contributed by atoms with Crippen LogP contribution in [0.3, 0.4) is 0 Å². The van der Waals surface area contributed by atoms with Gasteiger partial charge in [-0.2, -0.15) is 5.10 Å². The van der Waals surface area contributed by atoms with Crippen LogP contribution in [0.1, 0.15) is 52.2 Å². The molecule has 4 rings (SSSR count). The molecule has 0 spiro atoms. The zero-order chi connectivity index (χ0) is 19.5. The molecule has 5 nitrogen and oxygen atoms in total. The van der Waals surface area contributed by atoms with E-state index >= 15 is 0 Å². The Morgan fingerprint density at radius 1 is 1.18 bits per heavy atom. The number of amides is 1. The van der Waals surface area contributed by atoms with Gasteiger partial charge in [-0.15, -0.1) is 0 Å². The lowest BCUT2D eigenvalue weighted by molar-refractivity contribution is 0.0706. The lowest BCUT2D eigenvalue weighted by Crippen LogP contribution is -2.39. The Morgan fingerprint density at radius 2 is 1.93 bits per heavy atom. The smallest absolute Gasteiger partial charge is 0.253 e. The number of aromatic amines is 1. The third-order valence-corrected chi connectivity index (χ3v) is 5.25. The number of aromatic nitrogens is 2. The summed E-state index contributed by atoms with van der Waals surface area (Å²) in [4.78, 5) is 14.5. The quantitative estimate of drug-likeness (QED) is 0.727. The molecule has 1 fully saturated rings. The van der Waals surface area contributed by atoms with Crippen molar-refractivity contribution < 1.29 is 14.3 Å². The second kappa shape index (κ2) is 7.94. The van der Waals surface area contributed by atoms with E-state index < -0.39 is 6.10 Å². The second-order valence-electron chi connectivity index (χ2n) is 7.16. The van der Waals surface area contributed by atoms with E-state index in [1.54, 1.807) is 4.90 Å². The number of halogens is 1. The highest BCUT2D eigenvalue weighted by atomic mass is 19.1. The summed E-state index contributed by atoms with van der Waals surface area (Å²) in [5.41, 5.74) is 2.77. The maximum atomic E-state index is 13.1. The lowest BCUT2D eigenvalue weighted by atomic mass is 9.93. The Labute approximate surface area is 162 Å². The lowest BCUT2D eigenvalue weighted by Gasteiger charge is -2.32. The van der Waals surface area contributed by atoms with Crippen molar-refractivity contribution in [1.29, 1.82) is 0 Å². The van der Waals surface area contributed by atoms with E-state index in [0.29, 0.717) is 24.3 Å². The maximum Gasteiger partial charge on any atom is 0.253 e. The Bertz CT molecular complexity index is 940. The van der Waals surface area contributed by atoms with E-state index in [-0.39, 0.29) is 17.6 Å². The number of nitrogens with zero attached hydrogens (tertiary/aromatic N) is 2. The summed E-state index contributed by atoms with van der Waals surface area (Å²) < 4.78 is 13.1. The molecule has 28 heavy (non-hydrogen) atoms. The van der Waals surface area contributed by atoms with Crippen LogP contribution in [0.5, 0.6) is 0 Å². The standard InChI is InChI=1S/C22H22FN3O2/c23-18-10-8-16(9-11-18)22(28)26-12-4-7-17(14-26)19-13-20(25-24-19)21(27)15-5-2-1-3-6-15/h1-3,5-6,8-11,13,17,21,27H,4,7,12,14H2,(H,24,25)/t17-,21-/m0/s1. The summed E-state index contributed by atoms with van der Waals surface area (Å²) in [6.45, 7) is 1.25. The summed E-state index contributed by atoms with van der Waals surface area (Å²) in [5, 5.41) is 17.9. The van der Waals surface area contributed by atoms with E-state index in [9.17, 15) is 14.3 Å². The SMILES string of the molecule is O=C(c1ccc(F)cc1)N1CCC[C@H](c2cc([C@@H](O)c3ccccc3)n[nH]2)C1. The van der Waals surface area contributed by atoms with Crippen molar-refractivity contribution in [3.8, 4) is 0 Å². The first-order valence-electron chi connectivity index (χ1n) is 9.45. The molecule has 3 aromatic rings. The van der Waals surface area contributed by atoms with Gasteiger partial charge < -0.3 is 10.0 Å². The number of nitrogens with one attached hydrogen (secondary N) is 1. The Balaban J connectivity index is 1.47. The molecule has 0 aliphatic carbocycles. The minimum atomic E-state index is -0.785. The highest BCUT2D eigenvalue weighted by Gasteiger charge is 2.27. The summed E-state index contributed by atoms with van der Waals surface area (Å²) in [6, 6.07) is 16.9. The topological polar surface area (TPSA) is 69.2 Å². The summed E-state index contributed by atoms with van der Waals surface area (Å²) in [5.74, 6) is -0.314. The fraction of sp³-hybridized carbons (Fsp3) is 0.273. The molecule has 2 heterocycles. The summed E-state index contributed by atoms with van der Waals surface area (Å²) in [6.07, 6.45) is 1.04. The molecule has 6 heteroatoms. The number of carbonyl (C=O) groups excluding carboxylic acids is 1. The maximum absolute atomic E-state index is 13.1. The molecule has 1 aliphatic rings. The third kappa shape index (κ3) is 3.82. The van der Waals surface area contributed by atoms with Gasteiger partial charge in [0.05, 0.1) is 5.69 Å². The Hall–Kier alpha value is -2.99. The molecule has 0 saturated carbocycles. The van der Waals surface area contributed by atoms with Gasteiger partial charge in [0.15, 0.2) is 0 Å². The third-order valence-electron chi connectivity index (χ3n) is 5.25. The molecule has 2 aromatic carbocycles. The van der Waals surface area contributed by atoms with Gasteiger partial charge in [0.2, 0.25) is 0 Å². The molecule has 1 aliphatic heterocycles. The normalized spacial score (nSPS) is 18.1. The molecule has 2 atom stereocenters. The molecule has 0 bridgehead atoms. The van der Waals surface area contributed by atoms with E-state index in [1.165, 1.54) is 24.3 Å². The van der Waals surface area contributed by atoms with Crippen LogP contribution in [0.15, 0.2) is 60.7 Å². The Morgan fingerprint density at radius 3 is 2.68 bits per heavy atom. The van der Waals surface area contributed by atoms with Crippen molar-refractivity contribution in [2.75, 3.05) is 13.1 Å². The largest absolute Gasteiger partial charge is 0.382 e. The first-order valence-corrected chi connectivity index (χ1v) is 9.45. The van der Waals surface area contributed by atoms with Crippen molar-refractivity contribution in [3.05, 3.63) is 89.0 Å². The van der Waals surface area contributed by atoms with Crippen LogP contribution in [-0.4, -0.2) is 39.2 Å². The molecule has 1 aromatic heterocycles. The number of carbonyl (C=O) groups is 1. The van der Waals surface area contributed by atoms with Crippen molar-refractivity contribution >= 4 is 5.91 Å². The number of aliphatic hydroxyl groups excluding tert-OH is 1. The zero-order valence-corrected chi connectivity index (χ0v) is 15.4. The van der Waals surface area contributed by atoms with Crippen LogP contribution in [0.4, 0.5) is 4.39 Å². The number of hydrogen-bond acceptors (Lipinski definition) is 3. The molecule has 1 amide bonds. The van der Waals surface area contributed by atoms with Crippen molar-refractivity contribution in [2.24, 2.45) is 0 Å². The van der Waals surface area contributed by atoms with E-state index in [0.717, 1.165) is 24.1 Å². The molecule has 144 valence electrons. The van der Waals surface area contributed by atoms with Gasteiger partial charge >= 0.3 is 0 Å². The minimum absolute atomic E-state index is 0.0891. The minimum Gasteiger partial charge on any atom is -0.382 e. The van der Waals surface area contributed by atoms with Crippen LogP contribution in [-0.2, 0) is 0 Å². The number of piperidine rings is 1. The fourth-order valence-corrected chi connectivity index (χ4v) is 3.70. The fourth-order valence-electron chi connectivity index (χ4n) is 3.70. The van der Waals surface area contributed by atoms with Crippen molar-refractivity contribution in [3.63, 3.8) is 0 Å². The number of hydrogen-bond donors (Lipinski definition) is 2. The van der Waals surface area contributed by atoms with E-state index in [2.05, 4.69) is 10.2 Å². The van der Waals surface area contributed by atoms with Crippen molar-refractivity contribution in [2.45, 2.75) is 24.9 Å². The van der Waals surface area contributed by atoms with Crippen LogP contribution < -0.4 is 0 Å². The predicted octanol–water partition coefficient (Wildman–Crippen LogP) is 3.65. The molecule has 0 unspecified atom stereocenters. The summed E-state index contributed by atoms with van der Waals surface area (Å²) in [7, 11) is 0. The van der Waals surface area contributed by atoms with Gasteiger partial charge in [0.25, 0.3) is 5.91 Å². The van der Waals surface area contributed by atoms with Gasteiger partial charge in [-0.1, -0.05) is 30.3 Å². The monoisotopic (exact) mass is 379 g/mol. The number of aliphatic hydroxyl groups is 1. The second-order valence-corrected chi connectivity index (χ2v) is 7.16. The van der Waals surface area contributed by atoms with Gasteiger partial charge in [0.1, 0.15) is 11.9 Å². The van der Waals surface area contributed by atoms with E-state index in [4.69, 9.17) is 0 Å². The van der Waals surface area contributed by atoms with Crippen LogP contribution in [0.2, 0.25) is 0 Å². The number of rotatable bonds is 4. The van der Waals surface area contributed by atoms with Gasteiger partial charge in [-0.25, -0.2) is 4.39 Å². The van der Waals surface area contributed by atoms with Crippen LogP contribution in [0.25, 0.3) is 0 Å². The number of benzene rings is 2. The first kappa shape index (κ1) is 18.4. The summed E-state index contributed by atoms with van der Waals surface area (Å²) >= 11 is 0. The predicted molar refractivity (Wildman–Crippen MR) is 103 cm³/mol. The number of likely N-dealkylation sites (tertiary alicyclic amines) is 1. The highest BCUT2D eigenvalue weighted by Crippen LogP contribution is 2.29. The molecular formula is C22H22FN3O2. The van der Waals surface area contributed by atoms with Gasteiger partial charge in [-0.05, 0) is 48.7 Å². The van der Waals surface area contributed by atoms with Crippen molar-refractivity contribution in [1.82, 2.24) is 15.1 Å². The molecular weight excluding hydrogens is 357 g/mol. The Kier molecular flexibility index (Phi) is 5.21. The van der Waals surface area contributed by atoms with Gasteiger partial charge in [-0.3, -0.25) is 9.89 Å². The zero-order valence-electron chi connectivity index (χ0n) is 15.4. The highest BCUT2D eigenvalue weighted by molar-refractivity contribution is 5.94. The first-order chi connectivity index (χ1) is 13.6. The van der Waals surface area contributed by atoms with Crippen LogP contribution >= 0.6 is 0 Å². The molecule has 2 N–H and O–H groups in total.